The molecule has 4 N–H and O–H groups in total. The first-order chi connectivity index (χ1) is 25.2. The molecule has 10 rings (SSSR count). The van der Waals surface area contributed by atoms with E-state index in [-0.39, 0.29) is 49.3 Å². The fourth-order valence-corrected chi connectivity index (χ4v) is 10.5. The van der Waals surface area contributed by atoms with Crippen LogP contribution < -0.4 is 21.3 Å². The fourth-order valence-electron chi connectivity index (χ4n) is 10.5. The number of amides is 4. The quantitative estimate of drug-likeness (QED) is 0.254. The Morgan fingerprint density at radius 2 is 0.981 bits per heavy atom. The van der Waals surface area contributed by atoms with Gasteiger partial charge in [-0.05, 0) is 71.5 Å². The number of nitrogens with one attached hydrogen (secondary N) is 4. The Bertz CT molecular complexity index is 2080. The number of halogens is 2. The van der Waals surface area contributed by atoms with E-state index in [9.17, 15) is 28.0 Å². The number of fused-ring (bicyclic) bond motifs is 11. The average molecular weight is 701 g/mol. The van der Waals surface area contributed by atoms with E-state index in [0.29, 0.717) is 11.1 Å². The smallest absolute Gasteiger partial charge is 0.247 e. The number of piperazine rings is 2. The van der Waals surface area contributed by atoms with Crippen molar-refractivity contribution in [1.82, 2.24) is 20.4 Å². The minimum Gasteiger partial charge on any atom is -0.364 e. The maximum Gasteiger partial charge on any atom is 0.247 e. The van der Waals surface area contributed by atoms with Crippen molar-refractivity contribution < 1.29 is 28.0 Å². The van der Waals surface area contributed by atoms with Crippen molar-refractivity contribution in [2.75, 3.05) is 10.6 Å². The van der Waals surface area contributed by atoms with Crippen LogP contribution in [0.25, 0.3) is 0 Å². The molecule has 6 heterocycles. The number of para-hydroxylation sites is 2. The van der Waals surface area contributed by atoms with Gasteiger partial charge in [-0.1, -0.05) is 60.7 Å². The predicted molar refractivity (Wildman–Crippen MR) is 186 cm³/mol. The topological polar surface area (TPSA) is 123 Å². The highest BCUT2D eigenvalue weighted by molar-refractivity contribution is 6.01. The van der Waals surface area contributed by atoms with Crippen molar-refractivity contribution >= 4 is 35.0 Å². The number of carbonyl (C=O) groups excluding carboxylic acids is 4. The monoisotopic (exact) mass is 700 g/mol. The van der Waals surface area contributed by atoms with Crippen molar-refractivity contribution in [3.8, 4) is 0 Å². The van der Waals surface area contributed by atoms with Crippen LogP contribution in [-0.4, -0.2) is 69.9 Å². The molecule has 0 saturated carbocycles. The number of carbonyl (C=O) groups is 4. The Kier molecular flexibility index (Phi) is 6.48. The molecule has 4 aromatic carbocycles. The Morgan fingerprint density at radius 1 is 0.558 bits per heavy atom. The van der Waals surface area contributed by atoms with Crippen LogP contribution in [0.15, 0.2) is 97.1 Å². The Balaban J connectivity index is 1.11. The molecule has 0 spiro atoms. The van der Waals surface area contributed by atoms with Crippen molar-refractivity contribution in [3.05, 3.63) is 131 Å². The molecule has 262 valence electrons. The predicted octanol–water partition coefficient (Wildman–Crippen LogP) is 3.33. The lowest BCUT2D eigenvalue weighted by Gasteiger charge is -2.48. The molecule has 4 fully saturated rings. The zero-order chi connectivity index (χ0) is 35.5. The first-order valence-corrected chi connectivity index (χ1v) is 17.7. The highest BCUT2D eigenvalue weighted by Gasteiger charge is 2.78. The summed E-state index contributed by atoms with van der Waals surface area (Å²) in [6, 6.07) is 24.2. The summed E-state index contributed by atoms with van der Waals surface area (Å²) < 4.78 is 28.3. The van der Waals surface area contributed by atoms with Crippen LogP contribution >= 0.6 is 0 Å². The van der Waals surface area contributed by atoms with Crippen LogP contribution in [-0.2, 0) is 42.8 Å². The standard InChI is InChI=1S/C40H34F2N6O4/c41-23-9-5-7-21(15-23)17-29-35(51)47-31(33(49)43-29)19-39(25-11-1-3-13-27(25)45-37(39)47)40-20-32-34(50)44-30(18-22-8-6-10-24(42)16-22)36(52)48(32)38(40)46-28-14-4-2-12-26(28)40/h1-16,29-32,37-38,45-46H,17-20H2,(H,43,49)(H,44,50)/t29-,30-,31-,32-,37+,38?,39-,40+/m0/s1. The van der Waals surface area contributed by atoms with E-state index in [1.807, 2.05) is 48.5 Å². The van der Waals surface area contributed by atoms with Gasteiger partial charge in [-0.25, -0.2) is 8.78 Å². The molecule has 1 unspecified atom stereocenters. The zero-order valence-corrected chi connectivity index (χ0v) is 27.8. The van der Waals surface area contributed by atoms with Crippen LogP contribution in [0.5, 0.6) is 0 Å². The summed E-state index contributed by atoms with van der Waals surface area (Å²) >= 11 is 0. The second-order valence-electron chi connectivity index (χ2n) is 14.8. The van der Waals surface area contributed by atoms with Crippen molar-refractivity contribution in [2.24, 2.45) is 0 Å². The molecule has 52 heavy (non-hydrogen) atoms. The van der Waals surface area contributed by atoms with Gasteiger partial charge in [0.25, 0.3) is 0 Å². The number of rotatable bonds is 5. The molecule has 8 atom stereocenters. The third kappa shape index (κ3) is 4.03. The van der Waals surface area contributed by atoms with Gasteiger partial charge in [-0.2, -0.15) is 0 Å². The maximum absolute atomic E-state index is 14.6. The molecule has 6 aliphatic rings. The Morgan fingerprint density at radius 3 is 1.40 bits per heavy atom. The number of hydrogen-bond donors (Lipinski definition) is 4. The molecular formula is C40H34F2N6O4. The van der Waals surface area contributed by atoms with E-state index in [0.717, 1.165) is 22.5 Å². The molecule has 6 aliphatic heterocycles. The van der Waals surface area contributed by atoms with Crippen LogP contribution in [0.1, 0.15) is 35.1 Å². The van der Waals surface area contributed by atoms with E-state index in [1.54, 1.807) is 34.1 Å². The minimum absolute atomic E-state index is 0.119. The molecule has 4 aromatic rings. The van der Waals surface area contributed by atoms with Crippen LogP contribution in [0, 0.1) is 11.6 Å². The van der Waals surface area contributed by atoms with Gasteiger partial charge in [0.1, 0.15) is 48.1 Å². The molecular weight excluding hydrogens is 666 g/mol. The van der Waals surface area contributed by atoms with Crippen LogP contribution in [0.2, 0.25) is 0 Å². The van der Waals surface area contributed by atoms with E-state index >= 15 is 0 Å². The highest BCUT2D eigenvalue weighted by Crippen LogP contribution is 2.68. The van der Waals surface area contributed by atoms with Gasteiger partial charge in [0.2, 0.25) is 23.6 Å². The molecule has 0 radical (unpaired) electrons. The van der Waals surface area contributed by atoms with E-state index in [4.69, 9.17) is 0 Å². The van der Waals surface area contributed by atoms with Gasteiger partial charge in [-0.15, -0.1) is 0 Å². The summed E-state index contributed by atoms with van der Waals surface area (Å²) in [5.41, 5.74) is 2.66. The highest BCUT2D eigenvalue weighted by atomic mass is 19.1. The second-order valence-corrected chi connectivity index (χ2v) is 14.8. The Hall–Kier alpha value is -5.78. The zero-order valence-electron chi connectivity index (χ0n) is 27.8. The number of nitrogens with zero attached hydrogens (tertiary/aromatic N) is 2. The fraction of sp³-hybridized carbons (Fsp3) is 0.300. The summed E-state index contributed by atoms with van der Waals surface area (Å²) in [7, 11) is 0. The molecule has 12 heteroatoms. The summed E-state index contributed by atoms with van der Waals surface area (Å²) in [5.74, 6) is -2.03. The van der Waals surface area contributed by atoms with E-state index in [1.165, 1.54) is 24.3 Å². The first-order valence-electron chi connectivity index (χ1n) is 17.7. The minimum atomic E-state index is -0.977. The molecule has 0 bridgehead atoms. The lowest BCUT2D eigenvalue weighted by atomic mass is 9.54. The molecule has 10 nitrogen and oxygen atoms in total. The largest absolute Gasteiger partial charge is 0.364 e. The molecule has 0 aliphatic carbocycles. The van der Waals surface area contributed by atoms with Crippen LogP contribution in [0.3, 0.4) is 0 Å². The number of hydrogen-bond acceptors (Lipinski definition) is 6. The van der Waals surface area contributed by atoms with Gasteiger partial charge in [0.05, 0.1) is 10.8 Å². The van der Waals surface area contributed by atoms with E-state index < -0.39 is 59.0 Å². The lowest BCUT2D eigenvalue weighted by molar-refractivity contribution is -0.149. The lowest BCUT2D eigenvalue weighted by Crippen LogP contribution is -2.67. The van der Waals surface area contributed by atoms with E-state index in [2.05, 4.69) is 21.3 Å². The summed E-state index contributed by atoms with van der Waals surface area (Å²) in [6.07, 6.45) is -0.701. The van der Waals surface area contributed by atoms with Crippen molar-refractivity contribution in [2.45, 2.75) is 73.0 Å². The SMILES string of the molecule is O=C1N[C@@H](Cc2cccc(F)c2)C(=O)N2C3Nc4ccccc4[C@]3([C@]34C[C@H]5C(=O)N[C@@H](Cc6cccc(F)c6)C(=O)N5[C@H]3Nc3ccccc34)C[C@@H]12. The number of anilines is 2. The first kappa shape index (κ1) is 31.0. The normalized spacial score (nSPS) is 32.1. The van der Waals surface area contributed by atoms with Crippen molar-refractivity contribution in [1.29, 1.82) is 0 Å². The van der Waals surface area contributed by atoms with Gasteiger partial charge in [-0.3, -0.25) is 19.2 Å². The van der Waals surface area contributed by atoms with Gasteiger partial charge >= 0.3 is 0 Å². The summed E-state index contributed by atoms with van der Waals surface area (Å²) in [4.78, 5) is 60.9. The van der Waals surface area contributed by atoms with Gasteiger partial charge in [0.15, 0.2) is 0 Å². The van der Waals surface area contributed by atoms with Gasteiger partial charge < -0.3 is 31.1 Å². The third-order valence-corrected chi connectivity index (χ3v) is 12.4. The number of benzene rings is 4. The summed E-state index contributed by atoms with van der Waals surface area (Å²) in [6.45, 7) is 0. The second kappa shape index (κ2) is 10.9. The average Bonchev–Trinajstić information content (AvgIpc) is 3.84. The Labute approximate surface area is 297 Å². The molecule has 4 saturated heterocycles. The maximum atomic E-state index is 14.6. The molecule has 4 amide bonds. The third-order valence-electron chi connectivity index (χ3n) is 12.4. The van der Waals surface area contributed by atoms with Crippen LogP contribution in [0.4, 0.5) is 20.2 Å². The van der Waals surface area contributed by atoms with Crippen molar-refractivity contribution in [3.63, 3.8) is 0 Å². The van der Waals surface area contributed by atoms with Gasteiger partial charge in [0, 0.05) is 24.2 Å². The summed E-state index contributed by atoms with van der Waals surface area (Å²) in [5, 5.41) is 13.2. The molecule has 0 aromatic heterocycles.